The third-order valence-corrected chi connectivity index (χ3v) is 2.72. The Balaban J connectivity index is 2.69. The summed E-state index contributed by atoms with van der Waals surface area (Å²) in [5, 5.41) is -0.166. The fraction of sp³-hybridized carbons (Fsp3) is 0.545. The molecule has 0 aliphatic carbocycles. The summed E-state index contributed by atoms with van der Waals surface area (Å²) in [5.74, 6) is 1.30. The number of fused-ring (bicyclic) bond motifs is 1. The average Bonchev–Trinajstić information content (AvgIpc) is 2.69. The summed E-state index contributed by atoms with van der Waals surface area (Å²) in [6.45, 7) is 4.84. The molecule has 0 saturated carbocycles. The lowest BCUT2D eigenvalue weighted by Crippen LogP contribution is -2.04. The van der Waals surface area contributed by atoms with Crippen LogP contribution in [0.5, 0.6) is 5.88 Å². The predicted molar refractivity (Wildman–Crippen MR) is 66.4 cm³/mol. The van der Waals surface area contributed by atoms with Crippen LogP contribution in [-0.4, -0.2) is 26.6 Å². The second kappa shape index (κ2) is 4.87. The lowest BCUT2D eigenvalue weighted by atomic mass is 10.4. The molecule has 0 bridgehead atoms. The van der Waals surface area contributed by atoms with Gasteiger partial charge in [0.25, 0.3) is 0 Å². The molecule has 17 heavy (non-hydrogen) atoms. The normalized spacial score (nSPS) is 12.9. The van der Waals surface area contributed by atoms with Gasteiger partial charge in [0.15, 0.2) is 11.2 Å². The molecular formula is C11H15ClN4O. The van der Waals surface area contributed by atoms with Gasteiger partial charge in [-0.15, -0.1) is 11.6 Å². The number of halogens is 1. The van der Waals surface area contributed by atoms with E-state index in [0.29, 0.717) is 11.4 Å². The fourth-order valence-electron chi connectivity index (χ4n) is 1.83. The highest BCUT2D eigenvalue weighted by molar-refractivity contribution is 6.20. The summed E-state index contributed by atoms with van der Waals surface area (Å²) in [6, 6.07) is 0. The maximum atomic E-state index is 6.14. The van der Waals surface area contributed by atoms with E-state index in [2.05, 4.69) is 21.9 Å². The van der Waals surface area contributed by atoms with Gasteiger partial charge in [-0.2, -0.15) is 4.98 Å². The van der Waals surface area contributed by atoms with Gasteiger partial charge in [0.2, 0.25) is 5.88 Å². The molecule has 0 N–H and O–H groups in total. The molecule has 0 radical (unpaired) electrons. The Hall–Kier alpha value is -1.36. The van der Waals surface area contributed by atoms with E-state index in [-0.39, 0.29) is 5.38 Å². The molecule has 1 atom stereocenters. The molecule has 0 fully saturated rings. The Morgan fingerprint density at radius 2 is 2.24 bits per heavy atom. The number of nitrogens with zero attached hydrogens (tertiary/aromatic N) is 4. The van der Waals surface area contributed by atoms with Crippen LogP contribution in [0.1, 0.15) is 31.5 Å². The van der Waals surface area contributed by atoms with Crippen LogP contribution in [-0.2, 0) is 6.54 Å². The summed E-state index contributed by atoms with van der Waals surface area (Å²) in [7, 11) is 1.57. The van der Waals surface area contributed by atoms with Crippen LogP contribution >= 0.6 is 11.6 Å². The van der Waals surface area contributed by atoms with Crippen LogP contribution in [0.25, 0.3) is 11.2 Å². The molecule has 92 valence electrons. The van der Waals surface area contributed by atoms with E-state index in [9.17, 15) is 0 Å². The number of rotatable bonds is 4. The maximum Gasteiger partial charge on any atom is 0.245 e. The average molecular weight is 255 g/mol. The van der Waals surface area contributed by atoms with Gasteiger partial charge in [0.1, 0.15) is 12.2 Å². The minimum absolute atomic E-state index is 0.166. The Bertz CT molecular complexity index is 523. The van der Waals surface area contributed by atoms with E-state index in [4.69, 9.17) is 16.3 Å². The Kier molecular flexibility index (Phi) is 3.47. The highest BCUT2D eigenvalue weighted by atomic mass is 35.5. The molecule has 1 unspecified atom stereocenters. The minimum atomic E-state index is -0.166. The Morgan fingerprint density at radius 1 is 1.47 bits per heavy atom. The van der Waals surface area contributed by atoms with Crippen molar-refractivity contribution in [3.05, 3.63) is 12.2 Å². The van der Waals surface area contributed by atoms with Crippen molar-refractivity contribution >= 4 is 22.8 Å². The number of hydrogen-bond acceptors (Lipinski definition) is 4. The van der Waals surface area contributed by atoms with Crippen molar-refractivity contribution in [2.75, 3.05) is 7.11 Å². The van der Waals surface area contributed by atoms with E-state index in [1.165, 1.54) is 6.33 Å². The number of alkyl halides is 1. The largest absolute Gasteiger partial charge is 0.479 e. The molecule has 5 nitrogen and oxygen atoms in total. The SMILES string of the molecule is CCCn1c(C(C)Cl)nc2c(OC)ncnc21. The van der Waals surface area contributed by atoms with Gasteiger partial charge in [-0.25, -0.2) is 9.97 Å². The van der Waals surface area contributed by atoms with Gasteiger partial charge in [-0.1, -0.05) is 6.92 Å². The zero-order valence-corrected chi connectivity index (χ0v) is 10.9. The zero-order chi connectivity index (χ0) is 12.4. The number of hydrogen-bond donors (Lipinski definition) is 0. The molecule has 2 heterocycles. The summed E-state index contributed by atoms with van der Waals surface area (Å²) < 4.78 is 7.21. The second-order valence-corrected chi connectivity index (χ2v) is 4.45. The third kappa shape index (κ3) is 2.07. The summed E-state index contributed by atoms with van der Waals surface area (Å²) >= 11 is 6.14. The second-order valence-electron chi connectivity index (χ2n) is 3.79. The molecule has 0 aliphatic heterocycles. The van der Waals surface area contributed by atoms with E-state index in [0.717, 1.165) is 24.4 Å². The highest BCUT2D eigenvalue weighted by Gasteiger charge is 2.18. The summed E-state index contributed by atoms with van der Waals surface area (Å²) in [4.78, 5) is 12.8. The zero-order valence-electron chi connectivity index (χ0n) is 10.1. The molecule has 0 spiro atoms. The number of aryl methyl sites for hydroxylation is 1. The number of aromatic nitrogens is 4. The van der Waals surface area contributed by atoms with Crippen molar-refractivity contribution in [2.24, 2.45) is 0 Å². The first-order chi connectivity index (χ1) is 8.19. The standard InChI is InChI=1S/C11H15ClN4O/c1-4-5-16-9(7(2)12)15-8-10(16)13-6-14-11(8)17-3/h6-7H,4-5H2,1-3H3. The lowest BCUT2D eigenvalue weighted by Gasteiger charge is -2.07. The molecule has 6 heteroatoms. The van der Waals surface area contributed by atoms with Crippen LogP contribution in [0.3, 0.4) is 0 Å². The van der Waals surface area contributed by atoms with E-state index in [1.807, 2.05) is 11.5 Å². The van der Waals surface area contributed by atoms with Gasteiger partial charge in [0, 0.05) is 6.54 Å². The number of imidazole rings is 1. The fourth-order valence-corrected chi connectivity index (χ4v) is 2.00. The van der Waals surface area contributed by atoms with Crippen LogP contribution in [0.4, 0.5) is 0 Å². The first-order valence-electron chi connectivity index (χ1n) is 5.58. The maximum absolute atomic E-state index is 6.14. The monoisotopic (exact) mass is 254 g/mol. The topological polar surface area (TPSA) is 52.8 Å². The smallest absolute Gasteiger partial charge is 0.245 e. The number of methoxy groups -OCH3 is 1. The first kappa shape index (κ1) is 12.1. The molecule has 0 aromatic carbocycles. The Labute approximate surface area is 105 Å². The van der Waals surface area contributed by atoms with Crippen LogP contribution in [0.2, 0.25) is 0 Å². The lowest BCUT2D eigenvalue weighted by molar-refractivity contribution is 0.401. The number of ether oxygens (including phenoxy) is 1. The van der Waals surface area contributed by atoms with Gasteiger partial charge in [-0.05, 0) is 13.3 Å². The first-order valence-corrected chi connectivity index (χ1v) is 6.01. The molecular weight excluding hydrogens is 240 g/mol. The van der Waals surface area contributed by atoms with Gasteiger partial charge in [0.05, 0.1) is 12.5 Å². The quantitative estimate of drug-likeness (QED) is 0.787. The molecule has 2 rings (SSSR count). The van der Waals surface area contributed by atoms with Crippen LogP contribution in [0, 0.1) is 0 Å². The van der Waals surface area contributed by atoms with E-state index in [1.54, 1.807) is 7.11 Å². The van der Waals surface area contributed by atoms with Gasteiger partial charge in [-0.3, -0.25) is 0 Å². The summed E-state index contributed by atoms with van der Waals surface area (Å²) in [5.41, 5.74) is 1.45. The van der Waals surface area contributed by atoms with Crippen molar-refractivity contribution in [2.45, 2.75) is 32.2 Å². The van der Waals surface area contributed by atoms with Crippen molar-refractivity contribution in [3.63, 3.8) is 0 Å². The van der Waals surface area contributed by atoms with Gasteiger partial charge >= 0.3 is 0 Å². The summed E-state index contributed by atoms with van der Waals surface area (Å²) in [6.07, 6.45) is 2.48. The van der Waals surface area contributed by atoms with Crippen molar-refractivity contribution in [3.8, 4) is 5.88 Å². The predicted octanol–water partition coefficient (Wildman–Crippen LogP) is 2.54. The van der Waals surface area contributed by atoms with E-state index < -0.39 is 0 Å². The molecule has 0 saturated heterocycles. The molecule has 0 aliphatic rings. The highest BCUT2D eigenvalue weighted by Crippen LogP contribution is 2.27. The third-order valence-electron chi connectivity index (χ3n) is 2.52. The van der Waals surface area contributed by atoms with Gasteiger partial charge < -0.3 is 9.30 Å². The van der Waals surface area contributed by atoms with Crippen LogP contribution in [0.15, 0.2) is 6.33 Å². The van der Waals surface area contributed by atoms with E-state index >= 15 is 0 Å². The van der Waals surface area contributed by atoms with Crippen molar-refractivity contribution in [1.82, 2.24) is 19.5 Å². The Morgan fingerprint density at radius 3 is 2.82 bits per heavy atom. The molecule has 2 aromatic rings. The molecule has 0 amide bonds. The molecule has 2 aromatic heterocycles. The minimum Gasteiger partial charge on any atom is -0.479 e. The van der Waals surface area contributed by atoms with Crippen LogP contribution < -0.4 is 4.74 Å². The van der Waals surface area contributed by atoms with Crippen molar-refractivity contribution in [1.29, 1.82) is 0 Å². The van der Waals surface area contributed by atoms with Crippen molar-refractivity contribution < 1.29 is 4.74 Å².